The Morgan fingerprint density at radius 1 is 0.810 bits per heavy atom. The Morgan fingerprint density at radius 3 is 1.71 bits per heavy atom. The summed E-state index contributed by atoms with van der Waals surface area (Å²) in [6, 6.07) is 0. The molecule has 0 atom stereocenters. The van der Waals surface area contributed by atoms with E-state index in [-0.39, 0.29) is 11.6 Å². The van der Waals surface area contributed by atoms with E-state index in [9.17, 15) is 9.59 Å². The molecule has 2 aliphatic heterocycles. The van der Waals surface area contributed by atoms with Crippen LogP contribution in [0.4, 0.5) is 0 Å². The summed E-state index contributed by atoms with van der Waals surface area (Å²) in [7, 11) is 0. The van der Waals surface area contributed by atoms with Crippen LogP contribution in [0.3, 0.4) is 0 Å². The number of carbonyl (C=O) groups excluding carboxylic acids is 2. The molecule has 0 saturated carbocycles. The van der Waals surface area contributed by atoms with Gasteiger partial charge in [-0.1, -0.05) is 58.8 Å². The molecule has 2 aliphatic rings. The second-order valence-corrected chi connectivity index (χ2v) is 11.2. The van der Waals surface area contributed by atoms with Crippen molar-refractivity contribution >= 4 is 70.4 Å². The van der Waals surface area contributed by atoms with E-state index in [0.29, 0.717) is 0 Å². The van der Waals surface area contributed by atoms with Gasteiger partial charge in [-0.05, 0) is 44.4 Å². The van der Waals surface area contributed by atoms with Crippen LogP contribution in [0.15, 0.2) is 27.4 Å². The Labute approximate surface area is 146 Å². The lowest BCUT2D eigenvalue weighted by Gasteiger charge is -2.10. The zero-order chi connectivity index (χ0) is 15.7. The van der Waals surface area contributed by atoms with E-state index < -0.39 is 5.25 Å². The number of carbonyl (C=O) groups is 2. The molecule has 0 bridgehead atoms. The zero-order valence-corrected chi connectivity index (χ0v) is 16.5. The Kier molecular flexibility index (Phi) is 6.10. The highest BCUT2D eigenvalue weighted by atomic mass is 32.2. The van der Waals surface area contributed by atoms with Crippen molar-refractivity contribution in [3.8, 4) is 0 Å². The Morgan fingerprint density at radius 2 is 1.24 bits per heavy atom. The average Bonchev–Trinajstić information content (AvgIpc) is 2.90. The molecule has 114 valence electrons. The molecule has 0 N–H and O–H groups in total. The van der Waals surface area contributed by atoms with Gasteiger partial charge >= 0.3 is 0 Å². The topological polar surface area (TPSA) is 34.1 Å². The van der Waals surface area contributed by atoms with Crippen molar-refractivity contribution < 1.29 is 9.59 Å². The Balaban J connectivity index is 2.11. The predicted octanol–water partition coefficient (Wildman–Crippen LogP) is 5.79. The van der Waals surface area contributed by atoms with Crippen LogP contribution in [0.5, 0.6) is 0 Å². The molecule has 2 heterocycles. The van der Waals surface area contributed by atoms with Crippen molar-refractivity contribution in [2.75, 3.05) is 0 Å². The molecule has 0 fully saturated rings. The van der Waals surface area contributed by atoms with Crippen molar-refractivity contribution in [2.45, 2.75) is 39.9 Å². The fourth-order valence-corrected chi connectivity index (χ4v) is 8.56. The molecule has 0 spiro atoms. The minimum absolute atomic E-state index is 0.0718. The lowest BCUT2D eigenvalue weighted by molar-refractivity contribution is -0.123. The van der Waals surface area contributed by atoms with Crippen LogP contribution in [0.2, 0.25) is 0 Å². The highest BCUT2D eigenvalue weighted by Gasteiger charge is 2.30. The largest absolute Gasteiger partial charge is 0.298 e. The van der Waals surface area contributed by atoms with Crippen molar-refractivity contribution in [1.82, 2.24) is 0 Å². The van der Waals surface area contributed by atoms with Gasteiger partial charge in [0.05, 0.1) is 12.7 Å². The van der Waals surface area contributed by atoms with Crippen LogP contribution in [-0.2, 0) is 9.59 Å². The first kappa shape index (κ1) is 17.7. The van der Waals surface area contributed by atoms with E-state index in [1.54, 1.807) is 23.5 Å². The fourth-order valence-electron chi connectivity index (χ4n) is 1.63. The van der Waals surface area contributed by atoms with Gasteiger partial charge in [0, 0.05) is 4.91 Å². The minimum Gasteiger partial charge on any atom is -0.298 e. The number of allylic oxidation sites excluding steroid dienone is 3. The molecule has 21 heavy (non-hydrogen) atoms. The molecule has 0 aliphatic carbocycles. The maximum absolute atomic E-state index is 11.6. The van der Waals surface area contributed by atoms with Crippen molar-refractivity contribution in [3.05, 3.63) is 27.4 Å². The molecule has 2 nitrogen and oxygen atoms in total. The molecule has 7 heteroatoms. The summed E-state index contributed by atoms with van der Waals surface area (Å²) in [5.74, 6) is -0.144. The first-order valence-electron chi connectivity index (χ1n) is 6.31. The summed E-state index contributed by atoms with van der Waals surface area (Å²) in [5, 5.41) is -0.571. The van der Waals surface area contributed by atoms with Gasteiger partial charge in [0.1, 0.15) is 5.25 Å². The fraction of sp³-hybridized carbons (Fsp3) is 0.429. The maximum atomic E-state index is 11.6. The van der Waals surface area contributed by atoms with Crippen molar-refractivity contribution in [3.63, 3.8) is 0 Å². The third-order valence-electron chi connectivity index (χ3n) is 2.84. The molecule has 0 aromatic heterocycles. The number of thioether (sulfide) groups is 5. The third-order valence-corrected chi connectivity index (χ3v) is 10.5. The number of rotatable bonds is 4. The summed E-state index contributed by atoms with van der Waals surface area (Å²) < 4.78 is 3.67. The molecule has 2 rings (SSSR count). The highest BCUT2D eigenvalue weighted by Crippen LogP contribution is 2.61. The van der Waals surface area contributed by atoms with Crippen LogP contribution in [-0.4, -0.2) is 16.8 Å². The second-order valence-electron chi connectivity index (χ2n) is 4.66. The quantitative estimate of drug-likeness (QED) is 0.574. The van der Waals surface area contributed by atoms with Crippen LogP contribution < -0.4 is 0 Å². The summed E-state index contributed by atoms with van der Waals surface area (Å²) in [5.41, 5.74) is 0. The molecule has 0 radical (unpaired) electrons. The van der Waals surface area contributed by atoms with E-state index >= 15 is 0 Å². The van der Waals surface area contributed by atoms with Crippen LogP contribution >= 0.6 is 58.8 Å². The van der Waals surface area contributed by atoms with E-state index in [1.807, 2.05) is 23.5 Å². The molecular formula is C14H16O2S5. The minimum atomic E-state index is -0.571. The van der Waals surface area contributed by atoms with Gasteiger partial charge in [-0.15, -0.1) is 0 Å². The highest BCUT2D eigenvalue weighted by molar-refractivity contribution is 8.38. The number of hydrogen-bond donors (Lipinski definition) is 0. The van der Waals surface area contributed by atoms with Gasteiger partial charge in [-0.25, -0.2) is 0 Å². The van der Waals surface area contributed by atoms with Gasteiger partial charge in [-0.2, -0.15) is 0 Å². The van der Waals surface area contributed by atoms with Gasteiger partial charge in [0.25, 0.3) is 0 Å². The molecule has 0 aromatic rings. The van der Waals surface area contributed by atoms with E-state index in [4.69, 9.17) is 0 Å². The summed E-state index contributed by atoms with van der Waals surface area (Å²) in [6.07, 6.45) is 0. The van der Waals surface area contributed by atoms with Gasteiger partial charge in [0.15, 0.2) is 11.6 Å². The monoisotopic (exact) mass is 376 g/mol. The molecule has 0 unspecified atom stereocenters. The molecule has 0 amide bonds. The first-order valence-corrected chi connectivity index (χ1v) is 10.5. The SMILES string of the molecule is CC(=O)C(SC1=C(C)SC(=C2SC(C)=C(C)S2)S1)C(C)=O. The van der Waals surface area contributed by atoms with Gasteiger partial charge in [0.2, 0.25) is 0 Å². The summed E-state index contributed by atoms with van der Waals surface area (Å²) in [4.78, 5) is 27.1. The number of hydrogen-bond acceptors (Lipinski definition) is 7. The maximum Gasteiger partial charge on any atom is 0.150 e. The zero-order valence-electron chi connectivity index (χ0n) is 12.4. The van der Waals surface area contributed by atoms with Crippen molar-refractivity contribution in [2.24, 2.45) is 0 Å². The molecular weight excluding hydrogens is 360 g/mol. The lowest BCUT2D eigenvalue weighted by Crippen LogP contribution is -2.22. The standard InChI is InChI=1S/C14H16O2S5/c1-6(15)11(7(2)16)20-12-10(5)19-14(21-12)13-17-8(3)9(4)18-13/h11H,1-5H3. The number of Topliss-reactive ketones (excluding diaryl/α,β-unsaturated/α-hetero) is 2. The second kappa shape index (κ2) is 7.25. The van der Waals surface area contributed by atoms with E-state index in [0.717, 1.165) is 4.24 Å². The van der Waals surface area contributed by atoms with Crippen LogP contribution in [0.25, 0.3) is 0 Å². The van der Waals surface area contributed by atoms with Crippen LogP contribution in [0, 0.1) is 0 Å². The van der Waals surface area contributed by atoms with E-state index in [1.165, 1.54) is 48.8 Å². The first-order chi connectivity index (χ1) is 9.79. The smallest absolute Gasteiger partial charge is 0.150 e. The van der Waals surface area contributed by atoms with E-state index in [2.05, 4.69) is 20.8 Å². The summed E-state index contributed by atoms with van der Waals surface area (Å²) in [6.45, 7) is 9.31. The molecule has 0 saturated heterocycles. The third kappa shape index (κ3) is 4.19. The molecule has 0 aromatic carbocycles. The summed E-state index contributed by atoms with van der Waals surface area (Å²) >= 11 is 8.48. The van der Waals surface area contributed by atoms with Crippen LogP contribution in [0.1, 0.15) is 34.6 Å². The number of ketones is 2. The average molecular weight is 377 g/mol. The Hall–Kier alpha value is 0.310. The van der Waals surface area contributed by atoms with Gasteiger partial charge < -0.3 is 0 Å². The van der Waals surface area contributed by atoms with Gasteiger partial charge in [-0.3, -0.25) is 9.59 Å². The normalized spacial score (nSPS) is 19.3. The lowest BCUT2D eigenvalue weighted by atomic mass is 10.2. The Bertz CT molecular complexity index is 570. The van der Waals surface area contributed by atoms with Crippen molar-refractivity contribution in [1.29, 1.82) is 0 Å². The predicted molar refractivity (Wildman–Crippen MR) is 101 cm³/mol.